The number of hydrogen-bond acceptors (Lipinski definition) is 4. The molecule has 2 N–H and O–H groups in total. The molecule has 0 saturated heterocycles. The van der Waals surface area contributed by atoms with Gasteiger partial charge in [-0.1, -0.05) is 6.07 Å². The minimum Gasteiger partial charge on any atom is -0.493 e. The molecule has 0 bridgehead atoms. The van der Waals surface area contributed by atoms with Crippen molar-refractivity contribution in [3.63, 3.8) is 0 Å². The highest BCUT2D eigenvalue weighted by molar-refractivity contribution is 6.15. The van der Waals surface area contributed by atoms with Crippen molar-refractivity contribution in [2.45, 2.75) is 13.8 Å². The van der Waals surface area contributed by atoms with E-state index in [2.05, 4.69) is 10.3 Å². The van der Waals surface area contributed by atoms with E-state index >= 15 is 0 Å². The number of aromatic nitrogens is 1. The number of carbonyl (C=O) groups excluding carboxylic acids is 1. The maximum absolute atomic E-state index is 12.8. The first-order valence-corrected chi connectivity index (χ1v) is 8.18. The van der Waals surface area contributed by atoms with E-state index in [9.17, 15) is 4.79 Å². The fourth-order valence-corrected chi connectivity index (χ4v) is 2.96. The third-order valence-corrected chi connectivity index (χ3v) is 4.48. The van der Waals surface area contributed by atoms with Crippen molar-refractivity contribution >= 4 is 22.5 Å². The third kappa shape index (κ3) is 2.94. The molecule has 136 valence electrons. The van der Waals surface area contributed by atoms with Gasteiger partial charge in [-0.3, -0.25) is 4.79 Å². The van der Waals surface area contributed by atoms with Gasteiger partial charge in [0.25, 0.3) is 5.91 Å². The zero-order valence-electron chi connectivity index (χ0n) is 15.5. The molecule has 1 amide bonds. The van der Waals surface area contributed by atoms with Gasteiger partial charge in [0.05, 0.1) is 37.8 Å². The van der Waals surface area contributed by atoms with Crippen LogP contribution in [0.15, 0.2) is 30.5 Å². The highest BCUT2D eigenvalue weighted by atomic mass is 16.5. The second-order valence-corrected chi connectivity index (χ2v) is 6.02. The lowest BCUT2D eigenvalue weighted by Gasteiger charge is -2.14. The lowest BCUT2D eigenvalue weighted by Crippen LogP contribution is -2.12. The van der Waals surface area contributed by atoms with Gasteiger partial charge in [0, 0.05) is 18.0 Å². The van der Waals surface area contributed by atoms with Crippen molar-refractivity contribution in [2.24, 2.45) is 0 Å². The Morgan fingerprint density at radius 3 is 2.31 bits per heavy atom. The molecule has 3 aromatic rings. The van der Waals surface area contributed by atoms with E-state index in [1.165, 1.54) is 19.8 Å². The number of benzene rings is 2. The van der Waals surface area contributed by atoms with Gasteiger partial charge < -0.3 is 24.5 Å². The maximum atomic E-state index is 12.8. The normalized spacial score (nSPS) is 10.7. The lowest BCUT2D eigenvalue weighted by atomic mass is 10.1. The predicted octanol–water partition coefficient (Wildman–Crippen LogP) is 4.06. The zero-order chi connectivity index (χ0) is 18.8. The van der Waals surface area contributed by atoms with E-state index in [4.69, 9.17) is 14.2 Å². The zero-order valence-corrected chi connectivity index (χ0v) is 15.5. The molecular formula is C20H22N2O4. The average Bonchev–Trinajstić information content (AvgIpc) is 3.06. The number of amides is 1. The molecule has 0 fully saturated rings. The van der Waals surface area contributed by atoms with Gasteiger partial charge in [0.1, 0.15) is 0 Å². The van der Waals surface area contributed by atoms with Gasteiger partial charge in [-0.05, 0) is 37.1 Å². The number of nitrogens with one attached hydrogen (secondary N) is 2. The number of methoxy groups -OCH3 is 3. The fourth-order valence-electron chi connectivity index (χ4n) is 2.96. The second kappa shape index (κ2) is 7.00. The van der Waals surface area contributed by atoms with Gasteiger partial charge >= 0.3 is 0 Å². The fraction of sp³-hybridized carbons (Fsp3) is 0.250. The summed E-state index contributed by atoms with van der Waals surface area (Å²) in [6.45, 7) is 4.04. The minimum atomic E-state index is -0.231. The van der Waals surface area contributed by atoms with Gasteiger partial charge in [-0.2, -0.15) is 0 Å². The minimum absolute atomic E-state index is 0.231. The first-order chi connectivity index (χ1) is 12.5. The van der Waals surface area contributed by atoms with E-state index in [0.717, 1.165) is 16.8 Å². The Kier molecular flexibility index (Phi) is 4.75. The van der Waals surface area contributed by atoms with Crippen molar-refractivity contribution < 1.29 is 19.0 Å². The number of fused-ring (bicyclic) bond motifs is 1. The number of ether oxygens (including phenoxy) is 3. The van der Waals surface area contributed by atoms with Crippen molar-refractivity contribution in [3.05, 3.63) is 47.2 Å². The SMILES string of the molecule is COc1cc2[nH]cc(C(=O)Nc3ccc(C)c(C)c3)c2c(OC)c1OC. The number of carbonyl (C=O) groups is 1. The number of anilines is 1. The highest BCUT2D eigenvalue weighted by Gasteiger charge is 2.22. The molecule has 0 aliphatic heterocycles. The van der Waals surface area contributed by atoms with Crippen LogP contribution in [0.5, 0.6) is 17.2 Å². The Morgan fingerprint density at radius 1 is 0.962 bits per heavy atom. The monoisotopic (exact) mass is 354 g/mol. The van der Waals surface area contributed by atoms with Crippen LogP contribution in [0.1, 0.15) is 21.5 Å². The van der Waals surface area contributed by atoms with Crippen LogP contribution in [0.3, 0.4) is 0 Å². The molecule has 0 atom stereocenters. The molecule has 0 aliphatic rings. The topological polar surface area (TPSA) is 72.6 Å². The van der Waals surface area contributed by atoms with E-state index in [-0.39, 0.29) is 5.91 Å². The summed E-state index contributed by atoms with van der Waals surface area (Å²) in [5, 5.41) is 3.58. The number of aryl methyl sites for hydroxylation is 2. The summed E-state index contributed by atoms with van der Waals surface area (Å²) < 4.78 is 16.3. The van der Waals surface area contributed by atoms with E-state index in [1.807, 2.05) is 32.0 Å². The van der Waals surface area contributed by atoms with Crippen LogP contribution in [-0.2, 0) is 0 Å². The number of H-pyrrole nitrogens is 1. The van der Waals surface area contributed by atoms with Crippen molar-refractivity contribution in [3.8, 4) is 17.2 Å². The number of hydrogen-bond donors (Lipinski definition) is 2. The Hall–Kier alpha value is -3.15. The van der Waals surface area contributed by atoms with Crippen LogP contribution in [0, 0.1) is 13.8 Å². The molecule has 26 heavy (non-hydrogen) atoms. The molecule has 3 rings (SSSR count). The standard InChI is InChI=1S/C20H22N2O4/c1-11-6-7-13(8-12(11)2)22-20(23)14-10-21-15-9-16(24-3)18(25-4)19(26-5)17(14)15/h6-10,21H,1-5H3,(H,22,23). The summed E-state index contributed by atoms with van der Waals surface area (Å²) in [5.74, 6) is 1.19. The Labute approximate surface area is 152 Å². The molecule has 6 nitrogen and oxygen atoms in total. The van der Waals surface area contributed by atoms with E-state index < -0.39 is 0 Å². The molecule has 0 radical (unpaired) electrons. The van der Waals surface area contributed by atoms with Crippen LogP contribution in [0.25, 0.3) is 10.9 Å². The summed E-state index contributed by atoms with van der Waals surface area (Å²) >= 11 is 0. The van der Waals surface area contributed by atoms with Crippen molar-refractivity contribution in [1.82, 2.24) is 4.98 Å². The third-order valence-electron chi connectivity index (χ3n) is 4.48. The molecule has 0 aliphatic carbocycles. The molecule has 0 saturated carbocycles. The van der Waals surface area contributed by atoms with Gasteiger partial charge in [-0.15, -0.1) is 0 Å². The molecule has 1 aromatic heterocycles. The molecular weight excluding hydrogens is 332 g/mol. The van der Waals surface area contributed by atoms with Crippen LogP contribution >= 0.6 is 0 Å². The quantitative estimate of drug-likeness (QED) is 0.725. The maximum Gasteiger partial charge on any atom is 0.257 e. The summed E-state index contributed by atoms with van der Waals surface area (Å²) in [5.41, 5.74) is 4.23. The van der Waals surface area contributed by atoms with Crippen LogP contribution in [-0.4, -0.2) is 32.2 Å². The first kappa shape index (κ1) is 17.7. The summed E-state index contributed by atoms with van der Waals surface area (Å²) in [6, 6.07) is 7.59. The largest absolute Gasteiger partial charge is 0.493 e. The molecule has 1 heterocycles. The number of aromatic amines is 1. The molecule has 0 spiro atoms. The molecule has 2 aromatic carbocycles. The Morgan fingerprint density at radius 2 is 1.69 bits per heavy atom. The van der Waals surface area contributed by atoms with E-state index in [1.54, 1.807) is 19.4 Å². The Bertz CT molecular complexity index is 976. The van der Waals surface area contributed by atoms with Gasteiger partial charge in [0.15, 0.2) is 11.5 Å². The molecule has 6 heteroatoms. The van der Waals surface area contributed by atoms with Crippen LogP contribution < -0.4 is 19.5 Å². The predicted molar refractivity (Wildman–Crippen MR) is 102 cm³/mol. The first-order valence-electron chi connectivity index (χ1n) is 8.18. The smallest absolute Gasteiger partial charge is 0.257 e. The summed E-state index contributed by atoms with van der Waals surface area (Å²) in [7, 11) is 4.63. The van der Waals surface area contributed by atoms with Gasteiger partial charge in [0.2, 0.25) is 5.75 Å². The Balaban J connectivity index is 2.07. The van der Waals surface area contributed by atoms with Crippen LogP contribution in [0.2, 0.25) is 0 Å². The second-order valence-electron chi connectivity index (χ2n) is 6.02. The van der Waals surface area contributed by atoms with Crippen molar-refractivity contribution in [2.75, 3.05) is 26.6 Å². The summed E-state index contributed by atoms with van der Waals surface area (Å²) in [4.78, 5) is 15.9. The average molecular weight is 354 g/mol. The lowest BCUT2D eigenvalue weighted by molar-refractivity contribution is 0.102. The summed E-state index contributed by atoms with van der Waals surface area (Å²) in [6.07, 6.45) is 1.66. The molecule has 0 unspecified atom stereocenters. The van der Waals surface area contributed by atoms with Gasteiger partial charge in [-0.25, -0.2) is 0 Å². The van der Waals surface area contributed by atoms with E-state index in [0.29, 0.717) is 28.2 Å². The van der Waals surface area contributed by atoms with Crippen LogP contribution in [0.4, 0.5) is 5.69 Å². The number of rotatable bonds is 5. The highest BCUT2D eigenvalue weighted by Crippen LogP contribution is 2.44. The van der Waals surface area contributed by atoms with Crippen molar-refractivity contribution in [1.29, 1.82) is 0 Å².